The van der Waals surface area contributed by atoms with Crippen molar-refractivity contribution >= 4 is 0 Å². The van der Waals surface area contributed by atoms with Crippen molar-refractivity contribution in [3.8, 4) is 11.8 Å². The van der Waals surface area contributed by atoms with E-state index in [1.54, 1.807) is 0 Å². The van der Waals surface area contributed by atoms with Gasteiger partial charge in [-0.15, -0.1) is 5.92 Å². The zero-order valence-corrected chi connectivity index (χ0v) is 9.61. The molecule has 1 unspecified atom stereocenters. The standard InChI is InChI=1S/C12H22O/c1-6-8-9-10-11(7-2)13-12(3,4)5/h11H,6-8H2,1-5H3. The molecule has 0 heterocycles. The quantitative estimate of drug-likeness (QED) is 0.608. The first-order valence-corrected chi connectivity index (χ1v) is 5.15. The summed E-state index contributed by atoms with van der Waals surface area (Å²) in [5.74, 6) is 6.29. The Morgan fingerprint density at radius 1 is 1.23 bits per heavy atom. The summed E-state index contributed by atoms with van der Waals surface area (Å²) in [4.78, 5) is 0. The summed E-state index contributed by atoms with van der Waals surface area (Å²) in [7, 11) is 0. The molecule has 0 radical (unpaired) electrons. The van der Waals surface area contributed by atoms with Gasteiger partial charge in [0.05, 0.1) is 5.60 Å². The van der Waals surface area contributed by atoms with Gasteiger partial charge in [0.25, 0.3) is 0 Å². The van der Waals surface area contributed by atoms with E-state index in [-0.39, 0.29) is 11.7 Å². The van der Waals surface area contributed by atoms with Gasteiger partial charge in [0.15, 0.2) is 0 Å². The predicted molar refractivity (Wildman–Crippen MR) is 57.6 cm³/mol. The van der Waals surface area contributed by atoms with Crippen LogP contribution in [0.3, 0.4) is 0 Å². The zero-order valence-electron chi connectivity index (χ0n) is 9.61. The van der Waals surface area contributed by atoms with Gasteiger partial charge in [0, 0.05) is 6.42 Å². The topological polar surface area (TPSA) is 9.23 Å². The maximum Gasteiger partial charge on any atom is 0.118 e. The van der Waals surface area contributed by atoms with E-state index in [2.05, 4.69) is 46.5 Å². The van der Waals surface area contributed by atoms with Crippen LogP contribution in [0, 0.1) is 11.8 Å². The molecule has 0 aromatic carbocycles. The summed E-state index contributed by atoms with van der Waals surface area (Å²) >= 11 is 0. The van der Waals surface area contributed by atoms with E-state index in [4.69, 9.17) is 4.74 Å². The molecule has 0 aliphatic rings. The second-order valence-electron chi connectivity index (χ2n) is 4.20. The van der Waals surface area contributed by atoms with Crippen molar-refractivity contribution in [3.05, 3.63) is 0 Å². The summed E-state index contributed by atoms with van der Waals surface area (Å²) in [5, 5.41) is 0. The molecule has 0 saturated carbocycles. The normalized spacial score (nSPS) is 13.3. The van der Waals surface area contributed by atoms with Crippen LogP contribution in [0.4, 0.5) is 0 Å². The Morgan fingerprint density at radius 3 is 2.23 bits per heavy atom. The van der Waals surface area contributed by atoms with Gasteiger partial charge in [-0.3, -0.25) is 0 Å². The lowest BCUT2D eigenvalue weighted by Crippen LogP contribution is -2.26. The van der Waals surface area contributed by atoms with E-state index in [0.29, 0.717) is 0 Å². The van der Waals surface area contributed by atoms with Crippen LogP contribution < -0.4 is 0 Å². The largest absolute Gasteiger partial charge is 0.360 e. The van der Waals surface area contributed by atoms with Gasteiger partial charge in [0.1, 0.15) is 6.10 Å². The van der Waals surface area contributed by atoms with Crippen LogP contribution in [-0.4, -0.2) is 11.7 Å². The summed E-state index contributed by atoms with van der Waals surface area (Å²) in [5.41, 5.74) is -0.0818. The van der Waals surface area contributed by atoms with Crippen LogP contribution in [0.5, 0.6) is 0 Å². The van der Waals surface area contributed by atoms with Crippen LogP contribution in [0.15, 0.2) is 0 Å². The molecule has 76 valence electrons. The minimum absolute atomic E-state index is 0.0818. The Labute approximate surface area is 82.9 Å². The molecule has 0 bridgehead atoms. The summed E-state index contributed by atoms with van der Waals surface area (Å²) in [6.45, 7) is 10.4. The Balaban J connectivity index is 3.99. The average molecular weight is 182 g/mol. The van der Waals surface area contributed by atoms with Gasteiger partial charge in [-0.2, -0.15) is 0 Å². The fourth-order valence-electron chi connectivity index (χ4n) is 0.953. The SMILES string of the molecule is CCCC#CC(CC)OC(C)(C)C. The van der Waals surface area contributed by atoms with Gasteiger partial charge in [-0.25, -0.2) is 0 Å². The van der Waals surface area contributed by atoms with E-state index in [0.717, 1.165) is 19.3 Å². The van der Waals surface area contributed by atoms with Crippen LogP contribution >= 0.6 is 0 Å². The van der Waals surface area contributed by atoms with Crippen molar-refractivity contribution in [3.63, 3.8) is 0 Å². The summed E-state index contributed by atoms with van der Waals surface area (Å²) in [6.07, 6.45) is 3.17. The number of unbranched alkanes of at least 4 members (excludes halogenated alkanes) is 1. The molecule has 0 aromatic rings. The lowest BCUT2D eigenvalue weighted by Gasteiger charge is -2.23. The minimum Gasteiger partial charge on any atom is -0.360 e. The fourth-order valence-corrected chi connectivity index (χ4v) is 0.953. The first-order chi connectivity index (χ1) is 5.99. The monoisotopic (exact) mass is 182 g/mol. The van der Waals surface area contributed by atoms with Crippen LogP contribution in [0.25, 0.3) is 0 Å². The third-order valence-corrected chi connectivity index (χ3v) is 1.50. The van der Waals surface area contributed by atoms with E-state index >= 15 is 0 Å². The maximum absolute atomic E-state index is 5.76. The number of hydrogen-bond donors (Lipinski definition) is 0. The van der Waals surface area contributed by atoms with Crippen molar-refractivity contribution in [1.29, 1.82) is 0 Å². The van der Waals surface area contributed by atoms with Crippen LogP contribution in [-0.2, 0) is 4.74 Å². The molecule has 0 aromatic heterocycles. The Hall–Kier alpha value is -0.480. The smallest absolute Gasteiger partial charge is 0.118 e. The number of ether oxygens (including phenoxy) is 1. The van der Waals surface area contributed by atoms with E-state index in [1.807, 2.05) is 0 Å². The molecule has 1 atom stereocenters. The van der Waals surface area contributed by atoms with Crippen molar-refractivity contribution < 1.29 is 4.74 Å². The van der Waals surface area contributed by atoms with Crippen LogP contribution in [0.2, 0.25) is 0 Å². The molecular formula is C12H22O. The van der Waals surface area contributed by atoms with E-state index in [1.165, 1.54) is 0 Å². The second-order valence-corrected chi connectivity index (χ2v) is 4.20. The first kappa shape index (κ1) is 12.5. The van der Waals surface area contributed by atoms with Gasteiger partial charge in [0.2, 0.25) is 0 Å². The highest BCUT2D eigenvalue weighted by Gasteiger charge is 2.15. The molecule has 1 heteroatoms. The lowest BCUT2D eigenvalue weighted by atomic mass is 10.1. The molecule has 1 nitrogen and oxygen atoms in total. The Morgan fingerprint density at radius 2 is 1.85 bits per heavy atom. The van der Waals surface area contributed by atoms with Crippen molar-refractivity contribution in [2.24, 2.45) is 0 Å². The fraction of sp³-hybridized carbons (Fsp3) is 0.833. The molecule has 13 heavy (non-hydrogen) atoms. The highest BCUT2D eigenvalue weighted by Crippen LogP contribution is 2.12. The molecule has 0 fully saturated rings. The summed E-state index contributed by atoms with van der Waals surface area (Å²) < 4.78 is 5.76. The molecule has 0 rings (SSSR count). The number of hydrogen-bond acceptors (Lipinski definition) is 1. The Bertz CT molecular complexity index is 178. The molecule has 0 N–H and O–H groups in total. The first-order valence-electron chi connectivity index (χ1n) is 5.15. The molecule has 0 saturated heterocycles. The number of rotatable bonds is 3. The summed E-state index contributed by atoms with van der Waals surface area (Å²) in [6, 6.07) is 0. The van der Waals surface area contributed by atoms with E-state index in [9.17, 15) is 0 Å². The second kappa shape index (κ2) is 6.05. The zero-order chi connectivity index (χ0) is 10.3. The van der Waals surface area contributed by atoms with Gasteiger partial charge < -0.3 is 4.74 Å². The molecule has 0 aliphatic carbocycles. The Kier molecular flexibility index (Phi) is 5.82. The third kappa shape index (κ3) is 7.87. The minimum atomic E-state index is -0.0818. The molecule has 0 amide bonds. The maximum atomic E-state index is 5.76. The third-order valence-electron chi connectivity index (χ3n) is 1.50. The highest BCUT2D eigenvalue weighted by molar-refractivity contribution is 5.05. The molecule has 0 aliphatic heterocycles. The van der Waals surface area contributed by atoms with Crippen molar-refractivity contribution in [2.45, 2.75) is 65.6 Å². The van der Waals surface area contributed by atoms with E-state index < -0.39 is 0 Å². The predicted octanol–water partition coefficient (Wildman–Crippen LogP) is 3.38. The van der Waals surface area contributed by atoms with Gasteiger partial charge in [-0.05, 0) is 33.6 Å². The van der Waals surface area contributed by atoms with Gasteiger partial charge in [-0.1, -0.05) is 19.8 Å². The van der Waals surface area contributed by atoms with Crippen molar-refractivity contribution in [2.75, 3.05) is 0 Å². The average Bonchev–Trinajstić information content (AvgIpc) is 2.01. The molecule has 0 spiro atoms. The highest BCUT2D eigenvalue weighted by atomic mass is 16.5. The van der Waals surface area contributed by atoms with Crippen LogP contribution in [0.1, 0.15) is 53.9 Å². The molecular weight excluding hydrogens is 160 g/mol. The van der Waals surface area contributed by atoms with Gasteiger partial charge >= 0.3 is 0 Å². The van der Waals surface area contributed by atoms with Crippen molar-refractivity contribution in [1.82, 2.24) is 0 Å². The lowest BCUT2D eigenvalue weighted by molar-refractivity contribution is -0.0347.